The van der Waals surface area contributed by atoms with E-state index in [1.807, 2.05) is 66.9 Å². The van der Waals surface area contributed by atoms with Crippen molar-refractivity contribution in [3.8, 4) is 6.07 Å². The van der Waals surface area contributed by atoms with Gasteiger partial charge in [-0.3, -0.25) is 4.79 Å². The molecule has 0 aliphatic rings. The summed E-state index contributed by atoms with van der Waals surface area (Å²) in [6.07, 6.45) is 3.60. The number of carbonyl (C=O) groups excluding carboxylic acids is 1. The van der Waals surface area contributed by atoms with Gasteiger partial charge in [-0.25, -0.2) is 5.43 Å². The van der Waals surface area contributed by atoms with E-state index in [4.69, 9.17) is 11.6 Å². The first-order chi connectivity index (χ1) is 15.2. The van der Waals surface area contributed by atoms with Crippen molar-refractivity contribution in [2.75, 3.05) is 0 Å². The predicted molar refractivity (Wildman–Crippen MR) is 123 cm³/mol. The number of hydrazone groups is 1. The molecule has 0 unspecified atom stereocenters. The van der Waals surface area contributed by atoms with Crippen LogP contribution in [0.3, 0.4) is 0 Å². The van der Waals surface area contributed by atoms with Crippen molar-refractivity contribution >= 4 is 34.6 Å². The van der Waals surface area contributed by atoms with Crippen LogP contribution in [-0.2, 0) is 11.3 Å². The van der Waals surface area contributed by atoms with E-state index in [-0.39, 0.29) is 0 Å². The maximum Gasteiger partial charge on any atom is 0.261 e. The van der Waals surface area contributed by atoms with E-state index in [0.29, 0.717) is 17.1 Å². The molecule has 0 saturated carbocycles. The van der Waals surface area contributed by atoms with E-state index in [0.717, 1.165) is 22.0 Å². The minimum absolute atomic E-state index is 0.463. The molecule has 0 radical (unpaired) electrons. The molecule has 0 bridgehead atoms. The van der Waals surface area contributed by atoms with Gasteiger partial charge in [-0.15, -0.1) is 0 Å². The van der Waals surface area contributed by atoms with Gasteiger partial charge >= 0.3 is 0 Å². The number of fused-ring (bicyclic) bond motifs is 1. The zero-order valence-electron chi connectivity index (χ0n) is 16.6. The van der Waals surface area contributed by atoms with Crippen LogP contribution in [0, 0.1) is 11.3 Å². The molecule has 1 heterocycles. The van der Waals surface area contributed by atoms with Crippen LogP contribution < -0.4 is 5.43 Å². The molecule has 0 aliphatic heterocycles. The molecule has 4 aromatic rings. The highest BCUT2D eigenvalue weighted by Gasteiger charge is 2.19. The Morgan fingerprint density at radius 1 is 1.06 bits per heavy atom. The summed E-state index contributed by atoms with van der Waals surface area (Å²) >= 11 is 5.99. The average Bonchev–Trinajstić information content (AvgIpc) is 3.14. The lowest BCUT2D eigenvalue weighted by Gasteiger charge is -2.06. The van der Waals surface area contributed by atoms with Gasteiger partial charge in [-0.2, -0.15) is 10.4 Å². The number of nitriles is 1. The highest BCUT2D eigenvalue weighted by atomic mass is 35.5. The van der Waals surface area contributed by atoms with Crippen molar-refractivity contribution < 1.29 is 4.79 Å². The Balaban J connectivity index is 1.54. The number of benzene rings is 3. The van der Waals surface area contributed by atoms with Crippen molar-refractivity contribution in [2.24, 2.45) is 5.10 Å². The van der Waals surface area contributed by atoms with Crippen molar-refractivity contribution in [1.29, 1.82) is 5.26 Å². The van der Waals surface area contributed by atoms with E-state index in [2.05, 4.69) is 15.1 Å². The highest BCUT2D eigenvalue weighted by molar-refractivity contribution is 6.30. The first-order valence-electron chi connectivity index (χ1n) is 9.75. The number of nitrogens with zero attached hydrogens (tertiary/aromatic N) is 3. The van der Waals surface area contributed by atoms with Crippen molar-refractivity contribution in [1.82, 2.24) is 9.99 Å². The Hall–Kier alpha value is -3.88. The lowest BCUT2D eigenvalue weighted by molar-refractivity contribution is -0.121. The summed E-state index contributed by atoms with van der Waals surface area (Å²) in [7, 11) is 0. The van der Waals surface area contributed by atoms with E-state index in [1.54, 1.807) is 30.5 Å². The normalized spacial score (nSPS) is 12.0. The number of hydrogen-bond donors (Lipinski definition) is 1. The number of nitrogens with one attached hydrogen (secondary N) is 1. The van der Waals surface area contributed by atoms with Crippen LogP contribution >= 0.6 is 11.6 Å². The lowest BCUT2D eigenvalue weighted by Crippen LogP contribution is -2.24. The molecule has 4 rings (SSSR count). The standard InChI is InChI=1S/C25H19ClN4O/c26-21-12-10-18(11-13-21)16-30-17-20(22-8-4-5-9-24(22)30)15-28-29-25(31)23(14-27)19-6-2-1-3-7-19/h1-13,15,17,23H,16H2,(H,29,31)/b28-15-/t23-/m1/s1. The Morgan fingerprint density at radius 3 is 2.52 bits per heavy atom. The zero-order chi connectivity index (χ0) is 21.6. The van der Waals surface area contributed by atoms with Crippen LogP contribution in [0.5, 0.6) is 0 Å². The maximum atomic E-state index is 12.4. The van der Waals surface area contributed by atoms with Gasteiger partial charge < -0.3 is 4.57 Å². The molecule has 0 aliphatic carbocycles. The van der Waals surface area contributed by atoms with Crippen LogP contribution in [0.25, 0.3) is 10.9 Å². The highest BCUT2D eigenvalue weighted by Crippen LogP contribution is 2.22. The SMILES string of the molecule is N#C[C@@H](C(=O)N/N=C\c1cn(Cc2ccc(Cl)cc2)c2ccccc12)c1ccccc1. The fourth-order valence-corrected chi connectivity index (χ4v) is 3.58. The Bertz CT molecular complexity index is 1270. The van der Waals surface area contributed by atoms with Gasteiger partial charge in [0.2, 0.25) is 0 Å². The van der Waals surface area contributed by atoms with Crippen molar-refractivity contribution in [3.63, 3.8) is 0 Å². The van der Waals surface area contributed by atoms with Crippen LogP contribution in [0.1, 0.15) is 22.6 Å². The third-order valence-corrected chi connectivity index (χ3v) is 5.24. The number of rotatable bonds is 6. The Labute approximate surface area is 185 Å². The van der Waals surface area contributed by atoms with E-state index >= 15 is 0 Å². The summed E-state index contributed by atoms with van der Waals surface area (Å²) in [5.41, 5.74) is 6.19. The van der Waals surface area contributed by atoms with Crippen LogP contribution in [0.4, 0.5) is 0 Å². The monoisotopic (exact) mass is 426 g/mol. The quantitative estimate of drug-likeness (QED) is 0.344. The average molecular weight is 427 g/mol. The van der Waals surface area contributed by atoms with Gasteiger partial charge in [0.15, 0.2) is 5.92 Å². The number of hydrogen-bond acceptors (Lipinski definition) is 3. The number of amides is 1. The molecule has 0 spiro atoms. The molecule has 1 N–H and O–H groups in total. The molecular weight excluding hydrogens is 408 g/mol. The second kappa shape index (κ2) is 9.29. The molecular formula is C25H19ClN4O. The summed E-state index contributed by atoms with van der Waals surface area (Å²) in [5, 5.41) is 15.2. The predicted octanol–water partition coefficient (Wildman–Crippen LogP) is 5.10. The van der Waals surface area contributed by atoms with E-state index < -0.39 is 11.8 Å². The van der Waals surface area contributed by atoms with Crippen LogP contribution in [0.2, 0.25) is 5.02 Å². The maximum absolute atomic E-state index is 12.4. The Kier molecular flexibility index (Phi) is 6.11. The van der Waals surface area contributed by atoms with Crippen molar-refractivity contribution in [3.05, 3.63) is 107 Å². The molecule has 1 atom stereocenters. The van der Waals surface area contributed by atoms with Gasteiger partial charge in [-0.1, -0.05) is 72.3 Å². The fourth-order valence-electron chi connectivity index (χ4n) is 3.46. The van der Waals surface area contributed by atoms with Gasteiger partial charge in [0, 0.05) is 34.2 Å². The fraction of sp³-hybridized carbons (Fsp3) is 0.0800. The molecule has 6 heteroatoms. The summed E-state index contributed by atoms with van der Waals surface area (Å²) in [4.78, 5) is 12.4. The van der Waals surface area contributed by atoms with Gasteiger partial charge in [0.25, 0.3) is 5.91 Å². The molecule has 0 fully saturated rings. The number of aromatic nitrogens is 1. The van der Waals surface area contributed by atoms with E-state index in [1.165, 1.54) is 0 Å². The first kappa shape index (κ1) is 20.4. The molecule has 5 nitrogen and oxygen atoms in total. The minimum atomic E-state index is -0.912. The van der Waals surface area contributed by atoms with Gasteiger partial charge in [-0.05, 0) is 29.3 Å². The Morgan fingerprint density at radius 2 is 1.77 bits per heavy atom. The number of carbonyl (C=O) groups is 1. The van der Waals surface area contributed by atoms with Gasteiger partial charge in [0.1, 0.15) is 0 Å². The smallest absolute Gasteiger partial charge is 0.261 e. The summed E-state index contributed by atoms with van der Waals surface area (Å²) in [5.74, 6) is -1.38. The zero-order valence-corrected chi connectivity index (χ0v) is 17.3. The number of para-hydroxylation sites is 1. The molecule has 0 saturated heterocycles. The third-order valence-electron chi connectivity index (χ3n) is 4.99. The van der Waals surface area contributed by atoms with Crippen LogP contribution in [-0.4, -0.2) is 16.7 Å². The molecule has 1 aromatic heterocycles. The summed E-state index contributed by atoms with van der Waals surface area (Å²) < 4.78 is 2.13. The van der Waals surface area contributed by atoms with Gasteiger partial charge in [0.05, 0.1) is 12.3 Å². The summed E-state index contributed by atoms with van der Waals surface area (Å²) in [6.45, 7) is 0.683. The molecule has 31 heavy (non-hydrogen) atoms. The minimum Gasteiger partial charge on any atom is -0.342 e. The van der Waals surface area contributed by atoms with E-state index in [9.17, 15) is 10.1 Å². The second-order valence-corrected chi connectivity index (χ2v) is 7.50. The molecule has 152 valence electrons. The third kappa shape index (κ3) is 4.66. The first-order valence-corrected chi connectivity index (χ1v) is 10.1. The largest absolute Gasteiger partial charge is 0.342 e. The second-order valence-electron chi connectivity index (χ2n) is 7.06. The van der Waals surface area contributed by atoms with Crippen LogP contribution in [0.15, 0.2) is 90.2 Å². The summed E-state index contributed by atoms with van der Waals surface area (Å²) in [6, 6.07) is 26.7. The topological polar surface area (TPSA) is 70.2 Å². The molecule has 1 amide bonds. The molecule has 3 aromatic carbocycles. The van der Waals surface area contributed by atoms with Crippen molar-refractivity contribution in [2.45, 2.75) is 12.5 Å². The number of halogens is 1. The lowest BCUT2D eigenvalue weighted by atomic mass is 10.0.